The summed E-state index contributed by atoms with van der Waals surface area (Å²) >= 11 is 0. The molecule has 3 aromatic rings. The fraction of sp³-hybridized carbons (Fsp3) is 0.300. The van der Waals surface area contributed by atoms with Crippen molar-refractivity contribution in [1.29, 1.82) is 0 Å². The van der Waals surface area contributed by atoms with Crippen molar-refractivity contribution in [3.63, 3.8) is 0 Å². The average molecular weight is 363 g/mol. The van der Waals surface area contributed by atoms with Crippen LogP contribution in [0.1, 0.15) is 16.1 Å². The van der Waals surface area contributed by atoms with E-state index >= 15 is 0 Å². The number of pyridine rings is 1. The monoisotopic (exact) mass is 363 g/mol. The Morgan fingerprint density at radius 3 is 2.33 bits per heavy atom. The first-order valence-electron chi connectivity index (χ1n) is 8.94. The summed E-state index contributed by atoms with van der Waals surface area (Å²) in [6.07, 6.45) is 0. The van der Waals surface area contributed by atoms with E-state index in [0.29, 0.717) is 0 Å². The summed E-state index contributed by atoms with van der Waals surface area (Å²) < 4.78 is 4.66. The number of aromatic nitrogens is 3. The van der Waals surface area contributed by atoms with Gasteiger partial charge in [0, 0.05) is 31.6 Å². The minimum absolute atomic E-state index is 0.218. The van der Waals surface area contributed by atoms with Gasteiger partial charge in [0.05, 0.1) is 12.6 Å². The van der Waals surface area contributed by atoms with E-state index in [1.807, 2.05) is 18.2 Å². The maximum absolute atomic E-state index is 11.5. The van der Waals surface area contributed by atoms with Gasteiger partial charge in [-0.3, -0.25) is 0 Å². The van der Waals surface area contributed by atoms with Crippen molar-refractivity contribution in [1.82, 2.24) is 15.2 Å². The number of methoxy groups -OCH3 is 1. The van der Waals surface area contributed by atoms with Crippen molar-refractivity contribution >= 4 is 28.5 Å². The van der Waals surface area contributed by atoms with Crippen LogP contribution in [-0.2, 0) is 4.74 Å². The normalized spacial score (nSPS) is 14.4. The molecule has 0 saturated carbocycles. The van der Waals surface area contributed by atoms with E-state index in [0.717, 1.165) is 43.3 Å². The van der Waals surface area contributed by atoms with Crippen LogP contribution in [0.15, 0.2) is 42.5 Å². The van der Waals surface area contributed by atoms with Crippen LogP contribution in [0, 0.1) is 6.92 Å². The van der Waals surface area contributed by atoms with Gasteiger partial charge in [-0.15, -0.1) is 10.2 Å². The molecule has 1 saturated heterocycles. The Morgan fingerprint density at radius 1 is 0.963 bits per heavy atom. The van der Waals surface area contributed by atoms with Gasteiger partial charge >= 0.3 is 5.97 Å². The molecule has 0 unspecified atom stereocenters. The molecule has 27 heavy (non-hydrogen) atoms. The van der Waals surface area contributed by atoms with Crippen molar-refractivity contribution < 1.29 is 9.53 Å². The fourth-order valence-corrected chi connectivity index (χ4v) is 3.37. The number of ether oxygens (including phenoxy) is 1. The van der Waals surface area contributed by atoms with Gasteiger partial charge < -0.3 is 14.5 Å². The predicted octanol–water partition coefficient (Wildman–Crippen LogP) is 2.45. The number of carbonyl (C=O) groups excluding carboxylic acids is 1. The molecule has 0 radical (unpaired) electrons. The summed E-state index contributed by atoms with van der Waals surface area (Å²) in [6.45, 7) is 5.47. The van der Waals surface area contributed by atoms with Crippen molar-refractivity contribution in [2.75, 3.05) is 43.1 Å². The lowest BCUT2D eigenvalue weighted by Gasteiger charge is -2.36. The third kappa shape index (κ3) is 3.40. The molecule has 0 spiro atoms. The molecule has 4 rings (SSSR count). The Morgan fingerprint density at radius 2 is 1.67 bits per heavy atom. The van der Waals surface area contributed by atoms with E-state index in [1.165, 1.54) is 18.1 Å². The summed E-state index contributed by atoms with van der Waals surface area (Å²) in [7, 11) is 1.33. The average Bonchev–Trinajstić information content (AvgIpc) is 2.73. The van der Waals surface area contributed by atoms with Crippen molar-refractivity contribution in [3.8, 4) is 0 Å². The zero-order valence-electron chi connectivity index (χ0n) is 15.4. The Hall–Kier alpha value is -3.22. The first-order chi connectivity index (χ1) is 13.2. The van der Waals surface area contributed by atoms with Gasteiger partial charge in [-0.05, 0) is 36.8 Å². The topological polar surface area (TPSA) is 71.5 Å². The number of fused-ring (bicyclic) bond motifs is 1. The molecule has 0 bridgehead atoms. The van der Waals surface area contributed by atoms with Gasteiger partial charge in [0.1, 0.15) is 5.82 Å². The number of piperazine rings is 1. The van der Waals surface area contributed by atoms with Crippen LogP contribution in [0.4, 0.5) is 11.6 Å². The summed E-state index contributed by atoms with van der Waals surface area (Å²) in [5, 5.41) is 9.32. The first kappa shape index (κ1) is 17.2. The highest BCUT2D eigenvalue weighted by molar-refractivity contribution is 5.87. The van der Waals surface area contributed by atoms with Gasteiger partial charge in [0.2, 0.25) is 0 Å². The lowest BCUT2D eigenvalue weighted by atomic mass is 10.1. The number of anilines is 2. The third-order valence-corrected chi connectivity index (χ3v) is 4.88. The molecule has 0 aliphatic carbocycles. The quantitative estimate of drug-likeness (QED) is 0.662. The number of para-hydroxylation sites is 1. The Bertz CT molecular complexity index is 966. The van der Waals surface area contributed by atoms with Crippen LogP contribution in [0.5, 0.6) is 0 Å². The van der Waals surface area contributed by atoms with Crippen molar-refractivity contribution in [2.24, 2.45) is 0 Å². The van der Waals surface area contributed by atoms with Gasteiger partial charge in [-0.2, -0.15) is 0 Å². The molecule has 7 nitrogen and oxygen atoms in total. The number of aryl methyl sites for hydroxylation is 1. The number of carbonyl (C=O) groups is 1. The summed E-state index contributed by atoms with van der Waals surface area (Å²) in [5.74, 6) is 1.31. The van der Waals surface area contributed by atoms with Gasteiger partial charge in [-0.25, -0.2) is 9.78 Å². The second-order valence-electron chi connectivity index (χ2n) is 6.56. The van der Waals surface area contributed by atoms with Gasteiger partial charge in [0.25, 0.3) is 0 Å². The third-order valence-electron chi connectivity index (χ3n) is 4.88. The molecular weight excluding hydrogens is 342 g/mol. The Labute approximate surface area is 157 Å². The lowest BCUT2D eigenvalue weighted by molar-refractivity contribution is 0.0592. The van der Waals surface area contributed by atoms with E-state index < -0.39 is 5.97 Å². The van der Waals surface area contributed by atoms with Gasteiger partial charge in [0.15, 0.2) is 11.5 Å². The Kier molecular flexibility index (Phi) is 4.58. The number of hydrogen-bond acceptors (Lipinski definition) is 7. The van der Waals surface area contributed by atoms with Crippen LogP contribution in [0.25, 0.3) is 10.9 Å². The van der Waals surface area contributed by atoms with Gasteiger partial charge in [-0.1, -0.05) is 18.2 Å². The van der Waals surface area contributed by atoms with E-state index in [4.69, 9.17) is 4.98 Å². The molecule has 0 atom stereocenters. The van der Waals surface area contributed by atoms with Crippen LogP contribution in [-0.4, -0.2) is 54.4 Å². The summed E-state index contributed by atoms with van der Waals surface area (Å²) in [4.78, 5) is 20.8. The zero-order chi connectivity index (χ0) is 18.8. The Balaban J connectivity index is 1.47. The molecule has 0 amide bonds. The van der Waals surface area contributed by atoms with Crippen molar-refractivity contribution in [3.05, 3.63) is 53.7 Å². The summed E-state index contributed by atoms with van der Waals surface area (Å²) in [5.41, 5.74) is 2.48. The molecule has 1 aliphatic heterocycles. The highest BCUT2D eigenvalue weighted by atomic mass is 16.5. The minimum Gasteiger partial charge on any atom is -0.464 e. The molecule has 1 aromatic carbocycles. The zero-order valence-corrected chi connectivity index (χ0v) is 15.4. The number of nitrogens with zero attached hydrogens (tertiary/aromatic N) is 5. The highest BCUT2D eigenvalue weighted by Gasteiger charge is 2.20. The molecule has 2 aromatic heterocycles. The second kappa shape index (κ2) is 7.19. The molecule has 7 heteroatoms. The smallest absolute Gasteiger partial charge is 0.358 e. The van der Waals surface area contributed by atoms with Crippen LogP contribution in [0.2, 0.25) is 0 Å². The number of benzene rings is 1. The first-order valence-corrected chi connectivity index (χ1v) is 8.94. The van der Waals surface area contributed by atoms with E-state index in [2.05, 4.69) is 49.9 Å². The minimum atomic E-state index is -0.475. The maximum Gasteiger partial charge on any atom is 0.358 e. The number of rotatable bonds is 3. The van der Waals surface area contributed by atoms with E-state index in [1.54, 1.807) is 6.07 Å². The predicted molar refractivity (Wildman–Crippen MR) is 104 cm³/mol. The molecule has 1 aliphatic rings. The standard InChI is InChI=1S/C20H21N5O2/c1-14-13-19(21-16-6-4-3-5-15(14)16)25-11-9-24(10-12-25)18-8-7-17(22-23-18)20(26)27-2/h3-8,13H,9-12H2,1-2H3. The molecule has 1 fully saturated rings. The maximum atomic E-state index is 11.5. The number of hydrogen-bond donors (Lipinski definition) is 0. The lowest BCUT2D eigenvalue weighted by Crippen LogP contribution is -2.47. The molecule has 138 valence electrons. The van der Waals surface area contributed by atoms with Crippen molar-refractivity contribution in [2.45, 2.75) is 6.92 Å². The molecule has 0 N–H and O–H groups in total. The van der Waals surface area contributed by atoms with E-state index in [9.17, 15) is 4.79 Å². The fourth-order valence-electron chi connectivity index (χ4n) is 3.37. The molecule has 3 heterocycles. The van der Waals surface area contributed by atoms with Crippen LogP contribution >= 0.6 is 0 Å². The highest BCUT2D eigenvalue weighted by Crippen LogP contribution is 2.24. The van der Waals surface area contributed by atoms with E-state index in [-0.39, 0.29) is 5.69 Å². The summed E-state index contributed by atoms with van der Waals surface area (Å²) in [6, 6.07) is 13.8. The van der Waals surface area contributed by atoms with Crippen LogP contribution in [0.3, 0.4) is 0 Å². The number of esters is 1. The molecular formula is C20H21N5O2. The largest absolute Gasteiger partial charge is 0.464 e. The SMILES string of the molecule is COC(=O)c1ccc(N2CCN(c3cc(C)c4ccccc4n3)CC2)nn1. The second-order valence-corrected chi connectivity index (χ2v) is 6.56. The van der Waals surface area contributed by atoms with Crippen LogP contribution < -0.4 is 9.80 Å².